The molecule has 0 spiro atoms. The van der Waals surface area contributed by atoms with Crippen LogP contribution in [0.4, 0.5) is 10.1 Å². The summed E-state index contributed by atoms with van der Waals surface area (Å²) >= 11 is 0. The molecular weight excluding hydrogens is 349 g/mol. The lowest BCUT2D eigenvalue weighted by molar-refractivity contribution is -0.122. The van der Waals surface area contributed by atoms with Crippen LogP contribution < -0.4 is 9.64 Å². The SMILES string of the molecule is O=C(Oc1cccc(N2C(=O)[C@H]3CCCC[C@H]3C2=O)c1)c1ccccc1F. The molecule has 2 fully saturated rings. The number of hydrogen-bond acceptors (Lipinski definition) is 4. The molecule has 2 aromatic rings. The van der Waals surface area contributed by atoms with Gasteiger partial charge in [-0.25, -0.2) is 14.1 Å². The zero-order valence-corrected chi connectivity index (χ0v) is 14.6. The van der Waals surface area contributed by atoms with E-state index in [0.717, 1.165) is 25.7 Å². The second-order valence-corrected chi connectivity index (χ2v) is 6.88. The molecule has 2 atom stereocenters. The number of carbonyl (C=O) groups is 3. The molecule has 6 heteroatoms. The standard InChI is InChI=1S/C21H18FNO4/c22-18-11-4-3-10-17(18)21(26)27-14-7-5-6-13(12-14)23-19(24)15-8-1-2-9-16(15)20(23)25/h3-7,10-12,15-16H,1-2,8-9H2/t15-,16+. The fraction of sp³-hybridized carbons (Fsp3) is 0.286. The van der Waals surface area contributed by atoms with E-state index in [9.17, 15) is 18.8 Å². The second-order valence-electron chi connectivity index (χ2n) is 6.88. The largest absolute Gasteiger partial charge is 0.423 e. The van der Waals surface area contributed by atoms with Crippen molar-refractivity contribution in [3.8, 4) is 5.75 Å². The third-order valence-electron chi connectivity index (χ3n) is 5.22. The van der Waals surface area contributed by atoms with Crippen LogP contribution >= 0.6 is 0 Å². The number of rotatable bonds is 3. The summed E-state index contributed by atoms with van der Waals surface area (Å²) in [5.41, 5.74) is 0.195. The minimum atomic E-state index is -0.835. The maximum atomic E-state index is 13.7. The van der Waals surface area contributed by atoms with Crippen LogP contribution in [-0.2, 0) is 9.59 Å². The van der Waals surface area contributed by atoms with Crippen molar-refractivity contribution in [3.05, 3.63) is 59.9 Å². The van der Waals surface area contributed by atoms with Gasteiger partial charge in [0.05, 0.1) is 23.1 Å². The fourth-order valence-electron chi connectivity index (χ4n) is 3.89. The lowest BCUT2D eigenvalue weighted by Crippen LogP contribution is -2.30. The van der Waals surface area contributed by atoms with Crippen LogP contribution in [-0.4, -0.2) is 17.8 Å². The van der Waals surface area contributed by atoms with Crippen molar-refractivity contribution in [2.75, 3.05) is 4.90 Å². The van der Waals surface area contributed by atoms with E-state index in [0.29, 0.717) is 5.69 Å². The van der Waals surface area contributed by atoms with Gasteiger partial charge < -0.3 is 4.74 Å². The number of imide groups is 1. The first-order chi connectivity index (χ1) is 13.1. The normalized spacial score (nSPS) is 21.9. The number of halogens is 1. The Balaban J connectivity index is 1.58. The summed E-state index contributed by atoms with van der Waals surface area (Å²) in [5, 5.41) is 0. The van der Waals surface area contributed by atoms with Gasteiger partial charge in [0.2, 0.25) is 11.8 Å². The summed E-state index contributed by atoms with van der Waals surface area (Å²) in [4.78, 5) is 38.8. The molecular formula is C21H18FNO4. The molecule has 1 heterocycles. The number of amides is 2. The molecule has 0 aromatic heterocycles. The summed E-state index contributed by atoms with van der Waals surface area (Å²) < 4.78 is 19.0. The Hall–Kier alpha value is -3.02. The fourth-order valence-corrected chi connectivity index (χ4v) is 3.89. The van der Waals surface area contributed by atoms with Gasteiger partial charge in [0.1, 0.15) is 11.6 Å². The Morgan fingerprint density at radius 1 is 0.963 bits per heavy atom. The topological polar surface area (TPSA) is 63.7 Å². The summed E-state index contributed by atoms with van der Waals surface area (Å²) in [6, 6.07) is 11.8. The average Bonchev–Trinajstić information content (AvgIpc) is 2.93. The molecule has 0 radical (unpaired) electrons. The molecule has 4 rings (SSSR count). The summed E-state index contributed by atoms with van der Waals surface area (Å²) in [7, 11) is 0. The zero-order chi connectivity index (χ0) is 19.0. The van der Waals surface area contributed by atoms with Gasteiger partial charge in [-0.15, -0.1) is 0 Å². The monoisotopic (exact) mass is 367 g/mol. The molecule has 1 aliphatic carbocycles. The van der Waals surface area contributed by atoms with Crippen LogP contribution in [0.2, 0.25) is 0 Å². The van der Waals surface area contributed by atoms with Crippen LogP contribution in [0.3, 0.4) is 0 Å². The number of esters is 1. The first-order valence-corrected chi connectivity index (χ1v) is 9.01. The van der Waals surface area contributed by atoms with Crippen molar-refractivity contribution in [1.29, 1.82) is 0 Å². The van der Waals surface area contributed by atoms with Gasteiger partial charge in [0, 0.05) is 6.07 Å². The van der Waals surface area contributed by atoms with E-state index in [1.165, 1.54) is 35.2 Å². The first kappa shape index (κ1) is 17.4. The van der Waals surface area contributed by atoms with E-state index in [1.54, 1.807) is 18.2 Å². The summed E-state index contributed by atoms with van der Waals surface area (Å²) in [6.45, 7) is 0. The number of nitrogens with zero attached hydrogens (tertiary/aromatic N) is 1. The average molecular weight is 367 g/mol. The summed E-state index contributed by atoms with van der Waals surface area (Å²) in [6.07, 6.45) is 3.37. The molecule has 27 heavy (non-hydrogen) atoms. The molecule has 0 unspecified atom stereocenters. The molecule has 2 amide bonds. The van der Waals surface area contributed by atoms with Crippen LogP contribution in [0.25, 0.3) is 0 Å². The second kappa shape index (κ2) is 6.95. The number of carbonyl (C=O) groups excluding carboxylic acids is 3. The predicted molar refractivity (Wildman–Crippen MR) is 95.7 cm³/mol. The molecule has 2 aromatic carbocycles. The zero-order valence-electron chi connectivity index (χ0n) is 14.6. The lowest BCUT2D eigenvalue weighted by atomic mass is 9.81. The smallest absolute Gasteiger partial charge is 0.346 e. The third kappa shape index (κ3) is 3.12. The lowest BCUT2D eigenvalue weighted by Gasteiger charge is -2.19. The molecule has 5 nitrogen and oxygen atoms in total. The Morgan fingerprint density at radius 2 is 1.63 bits per heavy atom. The Bertz CT molecular complexity index is 902. The molecule has 0 bridgehead atoms. The Labute approximate surface area is 155 Å². The number of fused-ring (bicyclic) bond motifs is 1. The highest BCUT2D eigenvalue weighted by molar-refractivity contribution is 6.22. The number of ether oxygens (including phenoxy) is 1. The maximum Gasteiger partial charge on any atom is 0.346 e. The van der Waals surface area contributed by atoms with Gasteiger partial charge in [-0.05, 0) is 37.1 Å². The van der Waals surface area contributed by atoms with Gasteiger partial charge in [-0.3, -0.25) is 9.59 Å². The highest BCUT2D eigenvalue weighted by atomic mass is 19.1. The molecule has 1 aliphatic heterocycles. The first-order valence-electron chi connectivity index (χ1n) is 9.01. The maximum absolute atomic E-state index is 13.7. The van der Waals surface area contributed by atoms with Crippen molar-refractivity contribution < 1.29 is 23.5 Å². The van der Waals surface area contributed by atoms with Crippen molar-refractivity contribution in [1.82, 2.24) is 0 Å². The van der Waals surface area contributed by atoms with Crippen molar-refractivity contribution in [2.45, 2.75) is 25.7 Å². The van der Waals surface area contributed by atoms with E-state index in [2.05, 4.69) is 0 Å². The number of benzene rings is 2. The van der Waals surface area contributed by atoms with Gasteiger partial charge in [-0.2, -0.15) is 0 Å². The Morgan fingerprint density at radius 3 is 2.30 bits per heavy atom. The number of anilines is 1. The molecule has 1 saturated carbocycles. The minimum Gasteiger partial charge on any atom is -0.423 e. The van der Waals surface area contributed by atoms with Gasteiger partial charge in [0.15, 0.2) is 0 Å². The van der Waals surface area contributed by atoms with Crippen LogP contribution in [0.15, 0.2) is 48.5 Å². The minimum absolute atomic E-state index is 0.149. The highest BCUT2D eigenvalue weighted by Crippen LogP contribution is 2.40. The van der Waals surface area contributed by atoms with Gasteiger partial charge in [0.25, 0.3) is 0 Å². The van der Waals surface area contributed by atoms with Crippen LogP contribution in [0.5, 0.6) is 5.75 Å². The van der Waals surface area contributed by atoms with Crippen molar-refractivity contribution in [3.63, 3.8) is 0 Å². The van der Waals surface area contributed by atoms with E-state index >= 15 is 0 Å². The van der Waals surface area contributed by atoms with E-state index in [4.69, 9.17) is 4.74 Å². The van der Waals surface area contributed by atoms with Crippen LogP contribution in [0, 0.1) is 17.7 Å². The molecule has 138 valence electrons. The quantitative estimate of drug-likeness (QED) is 0.471. The van der Waals surface area contributed by atoms with Crippen LogP contribution in [0.1, 0.15) is 36.0 Å². The number of hydrogen-bond donors (Lipinski definition) is 0. The van der Waals surface area contributed by atoms with E-state index < -0.39 is 11.8 Å². The highest BCUT2D eigenvalue weighted by Gasteiger charge is 2.48. The molecule has 0 N–H and O–H groups in total. The predicted octanol–water partition coefficient (Wildman–Crippen LogP) is 3.72. The van der Waals surface area contributed by atoms with Gasteiger partial charge >= 0.3 is 5.97 Å². The van der Waals surface area contributed by atoms with Gasteiger partial charge in [-0.1, -0.05) is 31.0 Å². The van der Waals surface area contributed by atoms with Crippen molar-refractivity contribution >= 4 is 23.5 Å². The molecule has 2 aliphatic rings. The van der Waals surface area contributed by atoms with E-state index in [-0.39, 0.29) is 35.0 Å². The van der Waals surface area contributed by atoms with E-state index in [1.807, 2.05) is 0 Å². The molecule has 1 saturated heterocycles. The summed E-state index contributed by atoms with van der Waals surface area (Å²) in [5.74, 6) is -2.25. The third-order valence-corrected chi connectivity index (χ3v) is 5.22. The Kier molecular flexibility index (Phi) is 4.48. The van der Waals surface area contributed by atoms with Crippen molar-refractivity contribution in [2.24, 2.45) is 11.8 Å².